The molecule has 2 aliphatic heterocycles. The highest BCUT2D eigenvalue weighted by Gasteiger charge is 2.31. The van der Waals surface area contributed by atoms with E-state index in [0.717, 1.165) is 29.5 Å². The second-order valence-corrected chi connectivity index (χ2v) is 8.80. The van der Waals surface area contributed by atoms with Gasteiger partial charge in [-0.25, -0.2) is 8.42 Å². The van der Waals surface area contributed by atoms with Crippen LogP contribution in [0.1, 0.15) is 18.4 Å². The Kier molecular flexibility index (Phi) is 4.06. The molecule has 2 atom stereocenters. The summed E-state index contributed by atoms with van der Waals surface area (Å²) in [4.78, 5) is 0. The van der Waals surface area contributed by atoms with Crippen LogP contribution >= 0.6 is 15.9 Å². The van der Waals surface area contributed by atoms with Gasteiger partial charge in [-0.2, -0.15) is 0 Å². The number of fused-ring (bicyclic) bond motifs is 1. The summed E-state index contributed by atoms with van der Waals surface area (Å²) < 4.78 is 30.4. The van der Waals surface area contributed by atoms with Crippen molar-refractivity contribution >= 4 is 25.8 Å². The summed E-state index contributed by atoms with van der Waals surface area (Å²) in [5.74, 6) is 1.28. The van der Waals surface area contributed by atoms with Crippen molar-refractivity contribution in [3.05, 3.63) is 28.2 Å². The van der Waals surface area contributed by atoms with E-state index in [0.29, 0.717) is 18.8 Å². The molecular weight excluding hydrogens is 342 g/mol. The van der Waals surface area contributed by atoms with E-state index in [9.17, 15) is 8.42 Å². The molecule has 1 fully saturated rings. The molecule has 20 heavy (non-hydrogen) atoms. The predicted octanol–water partition coefficient (Wildman–Crippen LogP) is 1.92. The Morgan fingerprint density at radius 3 is 2.95 bits per heavy atom. The van der Waals surface area contributed by atoms with Gasteiger partial charge in [-0.1, -0.05) is 15.9 Å². The molecule has 1 saturated heterocycles. The van der Waals surface area contributed by atoms with Crippen molar-refractivity contribution in [3.63, 3.8) is 0 Å². The molecule has 0 aliphatic carbocycles. The number of hydrogen-bond acceptors (Lipinski definition) is 4. The van der Waals surface area contributed by atoms with Crippen LogP contribution in [0.3, 0.4) is 0 Å². The first-order valence-electron chi connectivity index (χ1n) is 6.92. The average molecular weight is 360 g/mol. The van der Waals surface area contributed by atoms with Gasteiger partial charge in [-0.15, -0.1) is 0 Å². The zero-order valence-electron chi connectivity index (χ0n) is 11.1. The fraction of sp³-hybridized carbons (Fsp3) is 0.571. The van der Waals surface area contributed by atoms with E-state index < -0.39 is 9.84 Å². The summed E-state index contributed by atoms with van der Waals surface area (Å²) in [5, 5.41) is 3.05. The summed E-state index contributed by atoms with van der Waals surface area (Å²) in [6.45, 7) is 1.24. The lowest BCUT2D eigenvalue weighted by Gasteiger charge is -2.14. The molecule has 0 aromatic heterocycles. The fourth-order valence-corrected chi connectivity index (χ4v) is 5.10. The van der Waals surface area contributed by atoms with Crippen molar-refractivity contribution in [1.82, 2.24) is 5.32 Å². The summed E-state index contributed by atoms with van der Waals surface area (Å²) in [5.41, 5.74) is 1.21. The third-order valence-corrected chi connectivity index (χ3v) is 6.74. The summed E-state index contributed by atoms with van der Waals surface area (Å²) in [6, 6.07) is 6.03. The van der Waals surface area contributed by atoms with E-state index in [1.54, 1.807) is 0 Å². The Hall–Kier alpha value is -0.590. The van der Waals surface area contributed by atoms with Crippen LogP contribution in [0, 0.1) is 0 Å². The number of hydrogen-bond donors (Lipinski definition) is 1. The molecule has 2 aliphatic rings. The van der Waals surface area contributed by atoms with E-state index >= 15 is 0 Å². The molecule has 0 bridgehead atoms. The molecular formula is C14H18BrNO3S. The third-order valence-electron chi connectivity index (χ3n) is 3.97. The Labute approximate surface area is 127 Å². The molecule has 0 radical (unpaired) electrons. The minimum atomic E-state index is -2.85. The van der Waals surface area contributed by atoms with E-state index in [2.05, 4.69) is 27.3 Å². The quantitative estimate of drug-likeness (QED) is 0.892. The zero-order chi connectivity index (χ0) is 14.2. The largest absolute Gasteiger partial charge is 0.488 e. The highest BCUT2D eigenvalue weighted by molar-refractivity contribution is 9.10. The fourth-order valence-electron chi connectivity index (χ4n) is 2.90. The first-order valence-corrected chi connectivity index (χ1v) is 9.43. The van der Waals surface area contributed by atoms with Crippen LogP contribution in [0.2, 0.25) is 0 Å². The van der Waals surface area contributed by atoms with Gasteiger partial charge >= 0.3 is 0 Å². The van der Waals surface area contributed by atoms with Crippen LogP contribution in [-0.4, -0.2) is 38.6 Å². The van der Waals surface area contributed by atoms with Gasteiger partial charge in [0, 0.05) is 24.0 Å². The van der Waals surface area contributed by atoms with Crippen LogP contribution in [-0.2, 0) is 16.3 Å². The molecule has 0 spiro atoms. The molecule has 6 heteroatoms. The van der Waals surface area contributed by atoms with Crippen LogP contribution in [0.5, 0.6) is 5.75 Å². The van der Waals surface area contributed by atoms with Crippen LogP contribution < -0.4 is 10.1 Å². The van der Waals surface area contributed by atoms with Gasteiger partial charge in [0.05, 0.1) is 11.0 Å². The van der Waals surface area contributed by atoms with Gasteiger partial charge in [0.1, 0.15) is 11.9 Å². The number of sulfone groups is 1. The molecule has 1 aromatic carbocycles. The smallest absolute Gasteiger partial charge is 0.154 e. The number of rotatable bonds is 4. The molecule has 2 unspecified atom stereocenters. The molecule has 0 saturated carbocycles. The number of ether oxygens (including phenoxy) is 1. The maximum absolute atomic E-state index is 11.7. The van der Waals surface area contributed by atoms with Crippen LogP contribution in [0.15, 0.2) is 22.7 Å². The summed E-state index contributed by atoms with van der Waals surface area (Å²) >= 11 is 3.46. The van der Waals surface area contributed by atoms with Gasteiger partial charge in [-0.05, 0) is 36.6 Å². The number of nitrogens with one attached hydrogen (secondary N) is 1. The lowest BCUT2D eigenvalue weighted by Crippen LogP contribution is -2.36. The molecule has 110 valence electrons. The monoisotopic (exact) mass is 359 g/mol. The van der Waals surface area contributed by atoms with Crippen LogP contribution in [0.4, 0.5) is 0 Å². The first-order chi connectivity index (χ1) is 9.54. The number of halogens is 1. The lowest BCUT2D eigenvalue weighted by molar-refractivity contribution is 0.228. The highest BCUT2D eigenvalue weighted by atomic mass is 79.9. The van der Waals surface area contributed by atoms with E-state index in [1.165, 1.54) is 5.56 Å². The van der Waals surface area contributed by atoms with E-state index in [1.807, 2.05) is 12.1 Å². The minimum absolute atomic E-state index is 0.100. The minimum Gasteiger partial charge on any atom is -0.488 e. The summed E-state index contributed by atoms with van der Waals surface area (Å²) in [6.07, 6.45) is 2.56. The molecule has 2 heterocycles. The van der Waals surface area contributed by atoms with Crippen molar-refractivity contribution in [3.8, 4) is 5.75 Å². The standard InChI is InChI=1S/C14H18BrNO3S/c15-11-3-4-14-10(6-11)7-12(19-14)8-16-9-13-2-1-5-20(13,17)18/h3-4,6,12-13,16H,1-2,5,7-9H2. The van der Waals surface area contributed by atoms with Crippen molar-refractivity contribution in [2.45, 2.75) is 30.6 Å². The Bertz CT molecular complexity index is 602. The molecule has 1 aromatic rings. The zero-order valence-corrected chi connectivity index (χ0v) is 13.5. The van der Waals surface area contributed by atoms with Gasteiger partial charge < -0.3 is 10.1 Å². The van der Waals surface area contributed by atoms with Gasteiger partial charge in [0.25, 0.3) is 0 Å². The first kappa shape index (κ1) is 14.4. The molecule has 1 N–H and O–H groups in total. The Morgan fingerprint density at radius 2 is 2.20 bits per heavy atom. The second-order valence-electron chi connectivity index (χ2n) is 5.49. The van der Waals surface area contributed by atoms with Gasteiger partial charge in [0.15, 0.2) is 9.84 Å². The van der Waals surface area contributed by atoms with Gasteiger partial charge in [-0.3, -0.25) is 0 Å². The maximum atomic E-state index is 11.7. The average Bonchev–Trinajstić information content (AvgIpc) is 2.92. The summed E-state index contributed by atoms with van der Waals surface area (Å²) in [7, 11) is -2.85. The normalized spacial score (nSPS) is 27.2. The molecule has 3 rings (SSSR count). The predicted molar refractivity (Wildman–Crippen MR) is 81.9 cm³/mol. The van der Waals surface area contributed by atoms with Gasteiger partial charge in [0.2, 0.25) is 0 Å². The van der Waals surface area contributed by atoms with E-state index in [-0.39, 0.29) is 11.4 Å². The topological polar surface area (TPSA) is 55.4 Å². The van der Waals surface area contributed by atoms with Crippen molar-refractivity contribution in [2.24, 2.45) is 0 Å². The van der Waals surface area contributed by atoms with Crippen molar-refractivity contribution < 1.29 is 13.2 Å². The Morgan fingerprint density at radius 1 is 1.35 bits per heavy atom. The Balaban J connectivity index is 1.49. The SMILES string of the molecule is O=S1(=O)CCCC1CNCC1Cc2cc(Br)ccc2O1. The highest BCUT2D eigenvalue weighted by Crippen LogP contribution is 2.31. The lowest BCUT2D eigenvalue weighted by atomic mass is 10.1. The molecule has 0 amide bonds. The second kappa shape index (κ2) is 5.66. The number of benzene rings is 1. The van der Waals surface area contributed by atoms with Crippen LogP contribution in [0.25, 0.3) is 0 Å². The van der Waals surface area contributed by atoms with E-state index in [4.69, 9.17) is 4.74 Å². The third kappa shape index (κ3) is 3.02. The van der Waals surface area contributed by atoms with Crippen molar-refractivity contribution in [1.29, 1.82) is 0 Å². The van der Waals surface area contributed by atoms with Crippen molar-refractivity contribution in [2.75, 3.05) is 18.8 Å². The molecule has 4 nitrogen and oxygen atoms in total. The maximum Gasteiger partial charge on any atom is 0.154 e.